The Kier molecular flexibility index (Phi) is 4.18. The molecule has 0 N–H and O–H groups in total. The van der Waals surface area contributed by atoms with Crippen molar-refractivity contribution in [1.29, 1.82) is 0 Å². The van der Waals surface area contributed by atoms with Gasteiger partial charge in [-0.15, -0.1) is 0 Å². The van der Waals surface area contributed by atoms with Crippen LogP contribution in [0.3, 0.4) is 0 Å². The van der Waals surface area contributed by atoms with Gasteiger partial charge in [-0.3, -0.25) is 0 Å². The minimum absolute atomic E-state index is 1.11. The molecular weight excluding hydrogens is 168 g/mol. The third-order valence-corrected chi connectivity index (χ3v) is 2.26. The smallest absolute Gasteiger partial charge is 0.0152 e. The lowest BCUT2D eigenvalue weighted by molar-refractivity contribution is 1.16. The van der Waals surface area contributed by atoms with Gasteiger partial charge >= 0.3 is 0 Å². The van der Waals surface area contributed by atoms with Gasteiger partial charge in [-0.2, -0.15) is 0 Å². The molecule has 0 nitrogen and oxygen atoms in total. The largest absolute Gasteiger partial charge is 0.0683 e. The summed E-state index contributed by atoms with van der Waals surface area (Å²) in [6.45, 7) is 6.20. The molecule has 0 heteroatoms. The monoisotopic (exact) mass is 186 g/mol. The van der Waals surface area contributed by atoms with Gasteiger partial charge in [-0.1, -0.05) is 63.2 Å². The zero-order valence-electron chi connectivity index (χ0n) is 9.25. The highest BCUT2D eigenvalue weighted by atomic mass is 14.0. The number of aryl methyl sites for hydroxylation is 1. The second kappa shape index (κ2) is 5.43. The molecule has 0 saturated heterocycles. The molecule has 14 heavy (non-hydrogen) atoms. The molecule has 0 aliphatic heterocycles. The molecule has 2 rings (SSSR count). The van der Waals surface area contributed by atoms with Crippen molar-refractivity contribution in [2.75, 3.05) is 0 Å². The number of hydrogen-bond acceptors (Lipinski definition) is 0. The molecule has 2 aromatic rings. The third kappa shape index (κ3) is 2.14. The van der Waals surface area contributed by atoms with Gasteiger partial charge in [0.25, 0.3) is 0 Å². The second-order valence-electron chi connectivity index (χ2n) is 2.99. The lowest BCUT2D eigenvalue weighted by atomic mass is 10.0. The standard InChI is InChI=1S/C12H12.C2H6/c1-2-10-7-5-8-11-6-3-4-9-12(10)11;1-2/h3-9H,2H2,1H3;1-2H3. The van der Waals surface area contributed by atoms with Crippen LogP contribution in [0.15, 0.2) is 42.5 Å². The Labute approximate surface area is 86.6 Å². The minimum Gasteiger partial charge on any atom is -0.0683 e. The Morgan fingerprint density at radius 1 is 0.857 bits per heavy atom. The minimum atomic E-state index is 1.11. The normalized spacial score (nSPS) is 9.36. The van der Waals surface area contributed by atoms with Gasteiger partial charge in [0.15, 0.2) is 0 Å². The van der Waals surface area contributed by atoms with E-state index in [1.54, 1.807) is 0 Å². The maximum absolute atomic E-state index is 2.20. The highest BCUT2D eigenvalue weighted by Crippen LogP contribution is 2.18. The van der Waals surface area contributed by atoms with E-state index in [2.05, 4.69) is 49.4 Å². The molecule has 0 atom stereocenters. The van der Waals surface area contributed by atoms with Crippen LogP contribution in [-0.4, -0.2) is 0 Å². The molecule has 0 unspecified atom stereocenters. The van der Waals surface area contributed by atoms with Crippen molar-refractivity contribution in [2.24, 2.45) is 0 Å². The van der Waals surface area contributed by atoms with Crippen molar-refractivity contribution in [1.82, 2.24) is 0 Å². The fourth-order valence-corrected chi connectivity index (χ4v) is 1.60. The number of benzene rings is 2. The Balaban J connectivity index is 0.000000461. The topological polar surface area (TPSA) is 0 Å². The molecule has 0 aromatic heterocycles. The van der Waals surface area contributed by atoms with Crippen LogP contribution in [0.5, 0.6) is 0 Å². The van der Waals surface area contributed by atoms with E-state index in [0.717, 1.165) is 6.42 Å². The summed E-state index contributed by atoms with van der Waals surface area (Å²) < 4.78 is 0. The summed E-state index contributed by atoms with van der Waals surface area (Å²) in [5.41, 5.74) is 1.44. The van der Waals surface area contributed by atoms with E-state index in [-0.39, 0.29) is 0 Å². The van der Waals surface area contributed by atoms with Gasteiger partial charge in [0.2, 0.25) is 0 Å². The Hall–Kier alpha value is -1.30. The first-order chi connectivity index (χ1) is 6.92. The first-order valence-electron chi connectivity index (χ1n) is 5.38. The summed E-state index contributed by atoms with van der Waals surface area (Å²) >= 11 is 0. The quantitative estimate of drug-likeness (QED) is 0.618. The van der Waals surface area contributed by atoms with Crippen molar-refractivity contribution in [3.63, 3.8) is 0 Å². The van der Waals surface area contributed by atoms with Gasteiger partial charge in [-0.05, 0) is 22.8 Å². The summed E-state index contributed by atoms with van der Waals surface area (Å²) in [7, 11) is 0. The lowest BCUT2D eigenvalue weighted by Crippen LogP contribution is -1.81. The molecule has 0 saturated carbocycles. The van der Waals surface area contributed by atoms with Crippen molar-refractivity contribution in [3.8, 4) is 0 Å². The Morgan fingerprint density at radius 3 is 2.21 bits per heavy atom. The third-order valence-electron chi connectivity index (χ3n) is 2.26. The second-order valence-corrected chi connectivity index (χ2v) is 2.99. The maximum Gasteiger partial charge on any atom is -0.0152 e. The van der Waals surface area contributed by atoms with Crippen LogP contribution < -0.4 is 0 Å². The summed E-state index contributed by atoms with van der Waals surface area (Å²) in [4.78, 5) is 0. The van der Waals surface area contributed by atoms with Gasteiger partial charge < -0.3 is 0 Å². The van der Waals surface area contributed by atoms with Crippen LogP contribution in [0.2, 0.25) is 0 Å². The van der Waals surface area contributed by atoms with Gasteiger partial charge in [0.1, 0.15) is 0 Å². The molecular formula is C14H18. The molecule has 0 amide bonds. The average Bonchev–Trinajstić information content (AvgIpc) is 2.31. The van der Waals surface area contributed by atoms with Gasteiger partial charge in [-0.25, -0.2) is 0 Å². The first kappa shape index (κ1) is 10.8. The molecule has 0 heterocycles. The maximum atomic E-state index is 2.20. The molecule has 0 aliphatic carbocycles. The van der Waals surface area contributed by atoms with Crippen molar-refractivity contribution < 1.29 is 0 Å². The summed E-state index contributed by atoms with van der Waals surface area (Å²) in [5.74, 6) is 0. The number of fused-ring (bicyclic) bond motifs is 1. The molecule has 0 fully saturated rings. The van der Waals surface area contributed by atoms with Crippen LogP contribution in [0.25, 0.3) is 10.8 Å². The Bertz CT molecular complexity index is 383. The zero-order valence-corrected chi connectivity index (χ0v) is 9.25. The van der Waals surface area contributed by atoms with Crippen LogP contribution in [0.1, 0.15) is 26.3 Å². The lowest BCUT2D eigenvalue weighted by Gasteiger charge is -2.02. The SMILES string of the molecule is CC.CCc1cccc2ccccc12. The fourth-order valence-electron chi connectivity index (χ4n) is 1.60. The molecule has 0 radical (unpaired) electrons. The van der Waals surface area contributed by atoms with Crippen LogP contribution in [-0.2, 0) is 6.42 Å². The van der Waals surface area contributed by atoms with E-state index in [4.69, 9.17) is 0 Å². The van der Waals surface area contributed by atoms with Gasteiger partial charge in [0.05, 0.1) is 0 Å². The first-order valence-corrected chi connectivity index (χ1v) is 5.38. The van der Waals surface area contributed by atoms with E-state index < -0.39 is 0 Å². The summed E-state index contributed by atoms with van der Waals surface area (Å²) in [6.07, 6.45) is 1.11. The van der Waals surface area contributed by atoms with E-state index in [0.29, 0.717) is 0 Å². The van der Waals surface area contributed by atoms with E-state index in [9.17, 15) is 0 Å². The molecule has 0 bridgehead atoms. The van der Waals surface area contributed by atoms with E-state index in [1.807, 2.05) is 13.8 Å². The number of hydrogen-bond donors (Lipinski definition) is 0. The molecule has 74 valence electrons. The molecule has 0 aliphatic rings. The van der Waals surface area contributed by atoms with Crippen LogP contribution >= 0.6 is 0 Å². The molecule has 2 aromatic carbocycles. The summed E-state index contributed by atoms with van der Waals surface area (Å²) in [5, 5.41) is 2.74. The van der Waals surface area contributed by atoms with Crippen molar-refractivity contribution in [2.45, 2.75) is 27.2 Å². The van der Waals surface area contributed by atoms with Crippen LogP contribution in [0.4, 0.5) is 0 Å². The van der Waals surface area contributed by atoms with E-state index >= 15 is 0 Å². The fraction of sp³-hybridized carbons (Fsp3) is 0.286. The van der Waals surface area contributed by atoms with E-state index in [1.165, 1.54) is 16.3 Å². The highest BCUT2D eigenvalue weighted by molar-refractivity contribution is 5.85. The van der Waals surface area contributed by atoms with Crippen LogP contribution in [0, 0.1) is 0 Å². The number of rotatable bonds is 1. The predicted molar refractivity (Wildman–Crippen MR) is 64.7 cm³/mol. The van der Waals surface area contributed by atoms with Crippen molar-refractivity contribution >= 4 is 10.8 Å². The highest BCUT2D eigenvalue weighted by Gasteiger charge is 1.95. The Morgan fingerprint density at radius 2 is 1.50 bits per heavy atom. The predicted octanol–water partition coefficient (Wildman–Crippen LogP) is 4.43. The van der Waals surface area contributed by atoms with Gasteiger partial charge in [0, 0.05) is 0 Å². The molecule has 0 spiro atoms. The summed E-state index contributed by atoms with van der Waals surface area (Å²) in [6, 6.07) is 15.0. The van der Waals surface area contributed by atoms with Crippen molar-refractivity contribution in [3.05, 3.63) is 48.0 Å². The zero-order chi connectivity index (χ0) is 10.4. The average molecular weight is 186 g/mol.